The number of methoxy groups -OCH3 is 1. The van der Waals surface area contributed by atoms with E-state index in [0.29, 0.717) is 6.04 Å². The lowest BCUT2D eigenvalue weighted by molar-refractivity contribution is 0.179. The standard InChI is InChI=1S/C18H25N3O/c1-21-11-4-3-7-15(21)8-10-19-17-13-16(22-2)12-14-6-5-9-20-18(14)17/h5-6,9,12-13,15,19H,3-4,7-8,10-11H2,1-2H3/t15-/m0/s1. The fourth-order valence-corrected chi connectivity index (χ4v) is 3.30. The van der Waals surface area contributed by atoms with Crippen molar-refractivity contribution in [3.63, 3.8) is 0 Å². The van der Waals surface area contributed by atoms with E-state index in [0.717, 1.165) is 28.9 Å². The van der Waals surface area contributed by atoms with Crippen LogP contribution in [0.4, 0.5) is 5.69 Å². The molecule has 22 heavy (non-hydrogen) atoms. The molecule has 1 aliphatic heterocycles. The second-order valence-corrected chi connectivity index (χ2v) is 6.10. The van der Waals surface area contributed by atoms with Gasteiger partial charge in [-0.3, -0.25) is 4.98 Å². The number of nitrogens with zero attached hydrogens (tertiary/aromatic N) is 2. The first-order valence-corrected chi connectivity index (χ1v) is 8.15. The highest BCUT2D eigenvalue weighted by Gasteiger charge is 2.18. The minimum Gasteiger partial charge on any atom is -0.497 e. The molecule has 1 N–H and O–H groups in total. The Hall–Kier alpha value is -1.81. The van der Waals surface area contributed by atoms with E-state index in [1.165, 1.54) is 32.2 Å². The van der Waals surface area contributed by atoms with Gasteiger partial charge in [0.05, 0.1) is 18.3 Å². The molecule has 0 spiro atoms. The normalized spacial score (nSPS) is 19.3. The predicted molar refractivity (Wildman–Crippen MR) is 91.7 cm³/mol. The zero-order chi connectivity index (χ0) is 15.4. The summed E-state index contributed by atoms with van der Waals surface area (Å²) in [6.07, 6.45) is 7.02. The van der Waals surface area contributed by atoms with Crippen LogP contribution in [0.25, 0.3) is 10.9 Å². The van der Waals surface area contributed by atoms with Gasteiger partial charge < -0.3 is 15.0 Å². The van der Waals surface area contributed by atoms with Crippen LogP contribution in [0.5, 0.6) is 5.75 Å². The van der Waals surface area contributed by atoms with E-state index in [-0.39, 0.29) is 0 Å². The number of rotatable bonds is 5. The Morgan fingerprint density at radius 3 is 3.09 bits per heavy atom. The highest BCUT2D eigenvalue weighted by Crippen LogP contribution is 2.28. The fourth-order valence-electron chi connectivity index (χ4n) is 3.30. The molecular weight excluding hydrogens is 274 g/mol. The van der Waals surface area contributed by atoms with Crippen molar-refractivity contribution in [3.8, 4) is 5.75 Å². The molecule has 0 aliphatic carbocycles. The molecule has 1 saturated heterocycles. The highest BCUT2D eigenvalue weighted by molar-refractivity contribution is 5.91. The number of hydrogen-bond acceptors (Lipinski definition) is 4. The second-order valence-electron chi connectivity index (χ2n) is 6.10. The lowest BCUT2D eigenvalue weighted by Crippen LogP contribution is -2.37. The molecule has 0 amide bonds. The van der Waals surface area contributed by atoms with Crippen molar-refractivity contribution in [1.82, 2.24) is 9.88 Å². The first-order chi connectivity index (χ1) is 10.8. The van der Waals surface area contributed by atoms with Gasteiger partial charge in [0.2, 0.25) is 0 Å². The molecule has 4 nitrogen and oxygen atoms in total. The maximum atomic E-state index is 5.40. The third-order valence-corrected chi connectivity index (χ3v) is 4.63. The average molecular weight is 299 g/mol. The van der Waals surface area contributed by atoms with E-state index in [4.69, 9.17) is 4.74 Å². The van der Waals surface area contributed by atoms with Crippen molar-refractivity contribution in [2.45, 2.75) is 31.7 Å². The van der Waals surface area contributed by atoms with Crippen LogP contribution in [0.3, 0.4) is 0 Å². The molecule has 1 aromatic carbocycles. The third kappa shape index (κ3) is 3.33. The van der Waals surface area contributed by atoms with E-state index in [1.807, 2.05) is 24.4 Å². The summed E-state index contributed by atoms with van der Waals surface area (Å²) in [5.41, 5.74) is 2.08. The number of pyridine rings is 1. The number of fused-ring (bicyclic) bond motifs is 1. The molecule has 2 heterocycles. The average Bonchev–Trinajstić information content (AvgIpc) is 2.56. The van der Waals surface area contributed by atoms with Crippen molar-refractivity contribution in [2.75, 3.05) is 32.6 Å². The minimum absolute atomic E-state index is 0.700. The number of nitrogens with one attached hydrogen (secondary N) is 1. The van der Waals surface area contributed by atoms with Gasteiger partial charge in [-0.15, -0.1) is 0 Å². The van der Waals surface area contributed by atoms with Gasteiger partial charge in [0.1, 0.15) is 5.75 Å². The van der Waals surface area contributed by atoms with Crippen molar-refractivity contribution in [2.24, 2.45) is 0 Å². The van der Waals surface area contributed by atoms with E-state index in [2.05, 4.69) is 28.3 Å². The molecule has 0 radical (unpaired) electrons. The van der Waals surface area contributed by atoms with Crippen LogP contribution >= 0.6 is 0 Å². The molecular formula is C18H25N3O. The molecule has 1 atom stereocenters. The summed E-state index contributed by atoms with van der Waals surface area (Å²) in [6.45, 7) is 2.20. The SMILES string of the molecule is COc1cc(NCC[C@@H]2CCCCN2C)c2ncccc2c1. The predicted octanol–water partition coefficient (Wildman–Crippen LogP) is 3.53. The number of benzene rings is 1. The van der Waals surface area contributed by atoms with Crippen LogP contribution in [-0.4, -0.2) is 43.2 Å². The number of piperidine rings is 1. The zero-order valence-corrected chi connectivity index (χ0v) is 13.5. The quantitative estimate of drug-likeness (QED) is 0.916. The number of hydrogen-bond donors (Lipinski definition) is 1. The van der Waals surface area contributed by atoms with Crippen molar-refractivity contribution in [1.29, 1.82) is 0 Å². The van der Waals surface area contributed by atoms with Crippen LogP contribution in [0.1, 0.15) is 25.7 Å². The third-order valence-electron chi connectivity index (χ3n) is 4.63. The summed E-state index contributed by atoms with van der Waals surface area (Å²) in [7, 11) is 3.95. The molecule has 118 valence electrons. The lowest BCUT2D eigenvalue weighted by Gasteiger charge is -2.32. The molecule has 2 aromatic rings. The van der Waals surface area contributed by atoms with Gasteiger partial charge in [0.25, 0.3) is 0 Å². The summed E-state index contributed by atoms with van der Waals surface area (Å²) in [5.74, 6) is 0.873. The first-order valence-electron chi connectivity index (χ1n) is 8.15. The Morgan fingerprint density at radius 1 is 1.36 bits per heavy atom. The Labute approximate surface area is 132 Å². The Balaban J connectivity index is 1.70. The highest BCUT2D eigenvalue weighted by atomic mass is 16.5. The van der Waals surface area contributed by atoms with E-state index >= 15 is 0 Å². The Kier molecular flexibility index (Phi) is 4.78. The molecule has 3 rings (SSSR count). The van der Waals surface area contributed by atoms with Gasteiger partial charge in [-0.25, -0.2) is 0 Å². The van der Waals surface area contributed by atoms with Crippen LogP contribution in [0.15, 0.2) is 30.5 Å². The second kappa shape index (κ2) is 6.97. The maximum absolute atomic E-state index is 5.40. The summed E-state index contributed by atoms with van der Waals surface area (Å²) >= 11 is 0. The lowest BCUT2D eigenvalue weighted by atomic mass is 10.00. The maximum Gasteiger partial charge on any atom is 0.121 e. The van der Waals surface area contributed by atoms with Crippen LogP contribution in [0.2, 0.25) is 0 Å². The molecule has 0 unspecified atom stereocenters. The van der Waals surface area contributed by atoms with Gasteiger partial charge in [-0.2, -0.15) is 0 Å². The monoisotopic (exact) mass is 299 g/mol. The molecule has 0 saturated carbocycles. The molecule has 4 heteroatoms. The van der Waals surface area contributed by atoms with Crippen molar-refractivity contribution >= 4 is 16.6 Å². The summed E-state index contributed by atoms with van der Waals surface area (Å²) < 4.78 is 5.40. The van der Waals surface area contributed by atoms with E-state index in [9.17, 15) is 0 Å². The van der Waals surface area contributed by atoms with Crippen LogP contribution < -0.4 is 10.1 Å². The van der Waals surface area contributed by atoms with Gasteiger partial charge in [0, 0.05) is 30.2 Å². The first kappa shape index (κ1) is 15.1. The Bertz CT molecular complexity index is 629. The summed E-state index contributed by atoms with van der Waals surface area (Å²) in [6, 6.07) is 8.81. The smallest absolute Gasteiger partial charge is 0.121 e. The number of aromatic nitrogens is 1. The summed E-state index contributed by atoms with van der Waals surface area (Å²) in [5, 5.41) is 4.67. The van der Waals surface area contributed by atoms with Gasteiger partial charge >= 0.3 is 0 Å². The zero-order valence-electron chi connectivity index (χ0n) is 13.5. The van der Waals surface area contributed by atoms with Crippen LogP contribution in [0, 0.1) is 0 Å². The minimum atomic E-state index is 0.700. The van der Waals surface area contributed by atoms with E-state index < -0.39 is 0 Å². The van der Waals surface area contributed by atoms with Crippen molar-refractivity contribution < 1.29 is 4.74 Å². The molecule has 1 aliphatic rings. The number of likely N-dealkylation sites (tertiary alicyclic amines) is 1. The molecule has 1 aromatic heterocycles. The van der Waals surface area contributed by atoms with Gasteiger partial charge in [-0.1, -0.05) is 12.5 Å². The Morgan fingerprint density at radius 2 is 2.27 bits per heavy atom. The van der Waals surface area contributed by atoms with E-state index in [1.54, 1.807) is 7.11 Å². The molecule has 1 fully saturated rings. The number of anilines is 1. The molecule has 0 bridgehead atoms. The van der Waals surface area contributed by atoms with Crippen LogP contribution in [-0.2, 0) is 0 Å². The van der Waals surface area contributed by atoms with Gasteiger partial charge in [0.15, 0.2) is 0 Å². The number of ether oxygens (including phenoxy) is 1. The summed E-state index contributed by atoms with van der Waals surface area (Å²) in [4.78, 5) is 7.00. The topological polar surface area (TPSA) is 37.4 Å². The van der Waals surface area contributed by atoms with Crippen molar-refractivity contribution in [3.05, 3.63) is 30.5 Å². The fraction of sp³-hybridized carbons (Fsp3) is 0.500. The van der Waals surface area contributed by atoms with Gasteiger partial charge in [-0.05, 0) is 45.0 Å². The largest absolute Gasteiger partial charge is 0.497 e.